The quantitative estimate of drug-likeness (QED) is 0.623. The highest BCUT2D eigenvalue weighted by molar-refractivity contribution is 5.75. The molecule has 0 aliphatic carbocycles. The van der Waals surface area contributed by atoms with Crippen LogP contribution in [0.1, 0.15) is 32.6 Å². The summed E-state index contributed by atoms with van der Waals surface area (Å²) in [6.45, 7) is 1.51. The van der Waals surface area contributed by atoms with Crippen LogP contribution in [0.5, 0.6) is 0 Å². The Bertz CT molecular complexity index is 286. The van der Waals surface area contributed by atoms with Crippen LogP contribution in [0, 0.1) is 11.8 Å². The molecular formula is C11H18O6. The lowest BCUT2D eigenvalue weighted by Gasteiger charge is -2.16. The summed E-state index contributed by atoms with van der Waals surface area (Å²) in [5, 5.41) is 17.2. The number of carbonyl (C=O) groups excluding carboxylic acids is 1. The van der Waals surface area contributed by atoms with Crippen LogP contribution in [0.2, 0.25) is 0 Å². The number of carboxylic acids is 2. The Morgan fingerprint density at radius 3 is 2.24 bits per heavy atom. The van der Waals surface area contributed by atoms with E-state index in [1.807, 2.05) is 0 Å². The summed E-state index contributed by atoms with van der Waals surface area (Å²) in [5.74, 6) is -3.59. The van der Waals surface area contributed by atoms with E-state index in [0.717, 1.165) is 0 Å². The van der Waals surface area contributed by atoms with Crippen LogP contribution in [0.4, 0.5) is 0 Å². The maximum absolute atomic E-state index is 11.4. The molecule has 0 amide bonds. The molecule has 0 spiro atoms. The van der Waals surface area contributed by atoms with E-state index >= 15 is 0 Å². The van der Waals surface area contributed by atoms with E-state index in [1.165, 1.54) is 14.0 Å². The van der Waals surface area contributed by atoms with Crippen molar-refractivity contribution in [2.45, 2.75) is 32.6 Å². The number of carbonyl (C=O) groups is 3. The fourth-order valence-corrected chi connectivity index (χ4v) is 1.53. The highest BCUT2D eigenvalue weighted by Crippen LogP contribution is 2.20. The summed E-state index contributed by atoms with van der Waals surface area (Å²) in [4.78, 5) is 32.4. The summed E-state index contributed by atoms with van der Waals surface area (Å²) < 4.78 is 4.57. The van der Waals surface area contributed by atoms with Crippen molar-refractivity contribution in [2.75, 3.05) is 7.11 Å². The first-order valence-electron chi connectivity index (χ1n) is 5.40. The number of aliphatic carboxylic acids is 2. The minimum absolute atomic E-state index is 0.0328. The number of esters is 1. The van der Waals surface area contributed by atoms with Gasteiger partial charge in [0, 0.05) is 6.42 Å². The third kappa shape index (κ3) is 6.55. The molecule has 0 aromatic heterocycles. The number of rotatable bonds is 8. The first-order chi connectivity index (χ1) is 7.88. The summed E-state index contributed by atoms with van der Waals surface area (Å²) in [6.07, 6.45) is 0.800. The molecule has 0 heterocycles. The van der Waals surface area contributed by atoms with Crippen molar-refractivity contribution in [1.29, 1.82) is 0 Å². The van der Waals surface area contributed by atoms with Gasteiger partial charge in [0.15, 0.2) is 0 Å². The van der Waals surface area contributed by atoms with Crippen molar-refractivity contribution < 1.29 is 29.3 Å². The van der Waals surface area contributed by atoms with Gasteiger partial charge in [-0.3, -0.25) is 14.4 Å². The topological polar surface area (TPSA) is 101 Å². The molecule has 6 heteroatoms. The van der Waals surface area contributed by atoms with Gasteiger partial charge in [0.05, 0.1) is 18.9 Å². The van der Waals surface area contributed by atoms with Crippen molar-refractivity contribution in [3.63, 3.8) is 0 Å². The molecule has 0 saturated carbocycles. The lowest BCUT2D eigenvalue weighted by atomic mass is 9.91. The van der Waals surface area contributed by atoms with E-state index in [9.17, 15) is 14.4 Å². The summed E-state index contributed by atoms with van der Waals surface area (Å²) in [5.41, 5.74) is 0. The van der Waals surface area contributed by atoms with Gasteiger partial charge in [-0.2, -0.15) is 0 Å². The second-order valence-electron chi connectivity index (χ2n) is 3.98. The number of ether oxygens (including phenoxy) is 1. The van der Waals surface area contributed by atoms with E-state index in [2.05, 4.69) is 4.74 Å². The van der Waals surface area contributed by atoms with E-state index in [0.29, 0.717) is 12.8 Å². The van der Waals surface area contributed by atoms with E-state index in [4.69, 9.17) is 10.2 Å². The van der Waals surface area contributed by atoms with Crippen LogP contribution in [0.15, 0.2) is 0 Å². The number of hydrogen-bond acceptors (Lipinski definition) is 4. The Kier molecular flexibility index (Phi) is 6.93. The Labute approximate surface area is 99.6 Å². The predicted molar refractivity (Wildman–Crippen MR) is 58.4 cm³/mol. The maximum atomic E-state index is 11.4. The summed E-state index contributed by atoms with van der Waals surface area (Å²) in [7, 11) is 1.23. The zero-order valence-corrected chi connectivity index (χ0v) is 10.0. The van der Waals surface area contributed by atoms with Crippen LogP contribution < -0.4 is 0 Å². The molecule has 2 N–H and O–H groups in total. The molecule has 0 aromatic carbocycles. The summed E-state index contributed by atoms with van der Waals surface area (Å²) in [6, 6.07) is 0. The standard InChI is InChI=1S/C11H18O6/c1-7(10(14)15)6-8(11(16)17-2)4-3-5-9(12)13/h7-8H,3-6H2,1-2H3,(H,12,13)(H,14,15). The highest BCUT2D eigenvalue weighted by Gasteiger charge is 2.24. The second kappa shape index (κ2) is 7.65. The molecule has 17 heavy (non-hydrogen) atoms. The van der Waals surface area contributed by atoms with E-state index < -0.39 is 29.7 Å². The van der Waals surface area contributed by atoms with Crippen molar-refractivity contribution in [3.05, 3.63) is 0 Å². The van der Waals surface area contributed by atoms with Crippen LogP contribution >= 0.6 is 0 Å². The molecule has 0 rings (SSSR count). The molecule has 0 saturated heterocycles. The first-order valence-corrected chi connectivity index (χ1v) is 5.40. The third-order valence-electron chi connectivity index (χ3n) is 2.54. The van der Waals surface area contributed by atoms with Gasteiger partial charge >= 0.3 is 17.9 Å². The normalized spacial score (nSPS) is 13.8. The molecule has 0 fully saturated rings. The molecule has 2 unspecified atom stereocenters. The van der Waals surface area contributed by atoms with E-state index in [1.54, 1.807) is 0 Å². The number of hydrogen-bond donors (Lipinski definition) is 2. The molecular weight excluding hydrogens is 228 g/mol. The predicted octanol–water partition coefficient (Wildman–Crippen LogP) is 1.14. The fourth-order valence-electron chi connectivity index (χ4n) is 1.53. The Hall–Kier alpha value is -1.59. The van der Waals surface area contributed by atoms with Gasteiger partial charge in [-0.15, -0.1) is 0 Å². The van der Waals surface area contributed by atoms with Crippen molar-refractivity contribution in [2.24, 2.45) is 11.8 Å². The smallest absolute Gasteiger partial charge is 0.308 e. The molecule has 0 aliphatic heterocycles. The maximum Gasteiger partial charge on any atom is 0.308 e. The fraction of sp³-hybridized carbons (Fsp3) is 0.727. The van der Waals surface area contributed by atoms with Crippen molar-refractivity contribution in [3.8, 4) is 0 Å². The van der Waals surface area contributed by atoms with Crippen LogP contribution in [-0.2, 0) is 19.1 Å². The Balaban J connectivity index is 4.28. The summed E-state index contributed by atoms with van der Waals surface area (Å²) >= 11 is 0. The van der Waals surface area contributed by atoms with Crippen LogP contribution in [0.25, 0.3) is 0 Å². The molecule has 0 bridgehead atoms. The average Bonchev–Trinajstić information content (AvgIpc) is 2.25. The molecule has 0 aliphatic rings. The first kappa shape index (κ1) is 15.4. The van der Waals surface area contributed by atoms with Gasteiger partial charge in [0.25, 0.3) is 0 Å². The van der Waals surface area contributed by atoms with Crippen LogP contribution in [0.3, 0.4) is 0 Å². The minimum Gasteiger partial charge on any atom is -0.481 e. The monoisotopic (exact) mass is 246 g/mol. The van der Waals surface area contributed by atoms with Crippen LogP contribution in [-0.4, -0.2) is 35.2 Å². The van der Waals surface area contributed by atoms with Gasteiger partial charge in [-0.05, 0) is 19.3 Å². The molecule has 0 radical (unpaired) electrons. The Morgan fingerprint density at radius 2 is 1.82 bits per heavy atom. The van der Waals surface area contributed by atoms with Crippen molar-refractivity contribution in [1.82, 2.24) is 0 Å². The van der Waals surface area contributed by atoms with Gasteiger partial charge in [0.1, 0.15) is 0 Å². The zero-order valence-electron chi connectivity index (χ0n) is 10.0. The highest BCUT2D eigenvalue weighted by atomic mass is 16.5. The largest absolute Gasteiger partial charge is 0.481 e. The van der Waals surface area contributed by atoms with Gasteiger partial charge < -0.3 is 14.9 Å². The lowest BCUT2D eigenvalue weighted by Crippen LogP contribution is -2.22. The Morgan fingerprint density at radius 1 is 1.24 bits per heavy atom. The lowest BCUT2D eigenvalue weighted by molar-refractivity contribution is -0.148. The minimum atomic E-state index is -0.975. The molecule has 0 aromatic rings. The van der Waals surface area contributed by atoms with E-state index in [-0.39, 0.29) is 12.8 Å². The number of carboxylic acid groups (broad SMARTS) is 2. The molecule has 6 nitrogen and oxygen atoms in total. The SMILES string of the molecule is COC(=O)C(CCCC(=O)O)CC(C)C(=O)O. The molecule has 2 atom stereocenters. The van der Waals surface area contributed by atoms with Gasteiger partial charge in [-0.25, -0.2) is 0 Å². The second-order valence-corrected chi connectivity index (χ2v) is 3.98. The average molecular weight is 246 g/mol. The van der Waals surface area contributed by atoms with Crippen molar-refractivity contribution >= 4 is 17.9 Å². The zero-order chi connectivity index (χ0) is 13.4. The van der Waals surface area contributed by atoms with Gasteiger partial charge in [-0.1, -0.05) is 6.92 Å². The van der Waals surface area contributed by atoms with Gasteiger partial charge in [0.2, 0.25) is 0 Å². The molecule has 98 valence electrons. The number of methoxy groups -OCH3 is 1. The third-order valence-corrected chi connectivity index (χ3v) is 2.54.